The molecule has 3 N–H and O–H groups in total. The second-order valence-electron chi connectivity index (χ2n) is 6.34. The van der Waals surface area contributed by atoms with Crippen molar-refractivity contribution < 1.29 is 14.7 Å². The Morgan fingerprint density at radius 3 is 2.75 bits per heavy atom. The van der Waals surface area contributed by atoms with Gasteiger partial charge in [0.2, 0.25) is 5.91 Å². The van der Waals surface area contributed by atoms with Gasteiger partial charge in [0, 0.05) is 12.5 Å². The molecule has 1 aliphatic carbocycles. The quantitative estimate of drug-likeness (QED) is 0.712. The van der Waals surface area contributed by atoms with Gasteiger partial charge in [0.15, 0.2) is 0 Å². The summed E-state index contributed by atoms with van der Waals surface area (Å²) in [6.45, 7) is 4.20. The van der Waals surface area contributed by atoms with Crippen LogP contribution in [0.15, 0.2) is 0 Å². The van der Waals surface area contributed by atoms with Gasteiger partial charge >= 0.3 is 5.97 Å². The summed E-state index contributed by atoms with van der Waals surface area (Å²) in [5.41, 5.74) is 0. The SMILES string of the molecule is CC(CC(=O)NC1CCCC1C(=O)O)C1CCCNC1. The minimum atomic E-state index is -0.780. The van der Waals surface area contributed by atoms with Crippen LogP contribution in [0.5, 0.6) is 0 Å². The van der Waals surface area contributed by atoms with Gasteiger partial charge in [-0.2, -0.15) is 0 Å². The number of rotatable bonds is 5. The van der Waals surface area contributed by atoms with Crippen molar-refractivity contribution in [3.63, 3.8) is 0 Å². The average molecular weight is 282 g/mol. The topological polar surface area (TPSA) is 78.4 Å². The zero-order valence-corrected chi connectivity index (χ0v) is 12.2. The molecule has 2 aliphatic rings. The number of aliphatic carboxylic acids is 1. The predicted molar refractivity (Wildman–Crippen MR) is 76.3 cm³/mol. The molecule has 20 heavy (non-hydrogen) atoms. The highest BCUT2D eigenvalue weighted by Gasteiger charge is 2.34. The Bertz CT molecular complexity index is 353. The van der Waals surface area contributed by atoms with Crippen LogP contribution in [0.4, 0.5) is 0 Å². The predicted octanol–water partition coefficient (Wildman–Crippen LogP) is 1.38. The number of carboxylic acids is 1. The van der Waals surface area contributed by atoms with Crippen molar-refractivity contribution in [1.82, 2.24) is 10.6 Å². The lowest BCUT2D eigenvalue weighted by atomic mass is 9.85. The summed E-state index contributed by atoms with van der Waals surface area (Å²) in [7, 11) is 0. The van der Waals surface area contributed by atoms with Crippen LogP contribution >= 0.6 is 0 Å². The molecule has 1 amide bonds. The molecule has 0 radical (unpaired) electrons. The van der Waals surface area contributed by atoms with Crippen LogP contribution in [0, 0.1) is 17.8 Å². The third-order valence-corrected chi connectivity index (χ3v) is 4.83. The van der Waals surface area contributed by atoms with Gasteiger partial charge in [0.1, 0.15) is 0 Å². The minimum Gasteiger partial charge on any atom is -0.481 e. The Kier molecular flexibility index (Phi) is 5.40. The molecule has 4 atom stereocenters. The Hall–Kier alpha value is -1.10. The molecular formula is C15H26N2O3. The van der Waals surface area contributed by atoms with E-state index in [2.05, 4.69) is 17.6 Å². The molecule has 1 saturated carbocycles. The lowest BCUT2D eigenvalue weighted by molar-refractivity contribution is -0.142. The zero-order chi connectivity index (χ0) is 14.5. The maximum Gasteiger partial charge on any atom is 0.308 e. The fraction of sp³-hybridized carbons (Fsp3) is 0.867. The van der Waals surface area contributed by atoms with E-state index >= 15 is 0 Å². The number of amides is 1. The lowest BCUT2D eigenvalue weighted by Crippen LogP contribution is -2.42. The molecular weight excluding hydrogens is 256 g/mol. The molecule has 1 saturated heterocycles. The fourth-order valence-corrected chi connectivity index (χ4v) is 3.52. The van der Waals surface area contributed by atoms with E-state index in [9.17, 15) is 9.59 Å². The third kappa shape index (κ3) is 3.95. The highest BCUT2D eigenvalue weighted by Crippen LogP contribution is 2.27. The molecule has 114 valence electrons. The van der Waals surface area contributed by atoms with Gasteiger partial charge in [0.25, 0.3) is 0 Å². The van der Waals surface area contributed by atoms with Crippen LogP contribution in [0.3, 0.4) is 0 Å². The largest absolute Gasteiger partial charge is 0.481 e. The van der Waals surface area contributed by atoms with Gasteiger partial charge in [-0.1, -0.05) is 13.3 Å². The van der Waals surface area contributed by atoms with E-state index in [1.165, 1.54) is 12.8 Å². The number of carbonyl (C=O) groups is 2. The molecule has 1 heterocycles. The van der Waals surface area contributed by atoms with Crippen molar-refractivity contribution in [2.24, 2.45) is 17.8 Å². The standard InChI is InChI=1S/C15H26N2O3/c1-10(11-4-3-7-16-9-11)8-14(18)17-13-6-2-5-12(13)15(19)20/h10-13,16H,2-9H2,1H3,(H,17,18)(H,19,20). The molecule has 0 spiro atoms. The number of hydrogen-bond donors (Lipinski definition) is 3. The monoisotopic (exact) mass is 282 g/mol. The Balaban J connectivity index is 1.78. The number of hydrogen-bond acceptors (Lipinski definition) is 3. The van der Waals surface area contributed by atoms with E-state index in [1.54, 1.807) is 0 Å². The van der Waals surface area contributed by atoms with Gasteiger partial charge in [-0.15, -0.1) is 0 Å². The summed E-state index contributed by atoms with van der Waals surface area (Å²) in [5.74, 6) is -0.245. The molecule has 0 aromatic rings. The van der Waals surface area contributed by atoms with Crippen molar-refractivity contribution in [2.75, 3.05) is 13.1 Å². The highest BCUT2D eigenvalue weighted by atomic mass is 16.4. The summed E-state index contributed by atoms with van der Waals surface area (Å²) in [5, 5.41) is 15.4. The molecule has 0 bridgehead atoms. The summed E-state index contributed by atoms with van der Waals surface area (Å²) in [6.07, 6.45) is 5.24. The molecule has 0 aromatic heterocycles. The van der Waals surface area contributed by atoms with E-state index in [1.807, 2.05) is 0 Å². The summed E-state index contributed by atoms with van der Waals surface area (Å²) in [6, 6.07) is -0.170. The second kappa shape index (κ2) is 7.07. The van der Waals surface area contributed by atoms with Crippen LogP contribution in [0.25, 0.3) is 0 Å². The highest BCUT2D eigenvalue weighted by molar-refractivity contribution is 5.78. The second-order valence-corrected chi connectivity index (χ2v) is 6.34. The summed E-state index contributed by atoms with van der Waals surface area (Å²) < 4.78 is 0. The van der Waals surface area contributed by atoms with Crippen molar-refractivity contribution in [1.29, 1.82) is 0 Å². The van der Waals surface area contributed by atoms with E-state index in [-0.39, 0.29) is 11.9 Å². The van der Waals surface area contributed by atoms with Crippen LogP contribution in [0.2, 0.25) is 0 Å². The van der Waals surface area contributed by atoms with Gasteiger partial charge in [-0.3, -0.25) is 9.59 Å². The van der Waals surface area contributed by atoms with Crippen LogP contribution in [-0.4, -0.2) is 36.1 Å². The first-order valence-electron chi connectivity index (χ1n) is 7.81. The summed E-state index contributed by atoms with van der Waals surface area (Å²) >= 11 is 0. The average Bonchev–Trinajstić information content (AvgIpc) is 2.87. The molecule has 5 heteroatoms. The molecule has 0 aromatic carbocycles. The van der Waals surface area contributed by atoms with Crippen molar-refractivity contribution >= 4 is 11.9 Å². The van der Waals surface area contributed by atoms with Crippen LogP contribution in [0.1, 0.15) is 45.4 Å². The first-order valence-corrected chi connectivity index (χ1v) is 7.81. The smallest absolute Gasteiger partial charge is 0.308 e. The Morgan fingerprint density at radius 2 is 2.10 bits per heavy atom. The number of carboxylic acid groups (broad SMARTS) is 1. The third-order valence-electron chi connectivity index (χ3n) is 4.83. The van der Waals surface area contributed by atoms with Crippen molar-refractivity contribution in [3.05, 3.63) is 0 Å². The normalized spacial score (nSPS) is 31.8. The maximum atomic E-state index is 12.1. The molecule has 1 aliphatic heterocycles. The van der Waals surface area contributed by atoms with Gasteiger partial charge in [-0.25, -0.2) is 0 Å². The van der Waals surface area contributed by atoms with Crippen molar-refractivity contribution in [2.45, 2.75) is 51.5 Å². The lowest BCUT2D eigenvalue weighted by Gasteiger charge is -2.28. The first-order chi connectivity index (χ1) is 9.58. The van der Waals surface area contributed by atoms with Gasteiger partial charge < -0.3 is 15.7 Å². The van der Waals surface area contributed by atoms with E-state index < -0.39 is 11.9 Å². The Labute approximate surface area is 120 Å². The molecule has 5 nitrogen and oxygen atoms in total. The molecule has 2 fully saturated rings. The minimum absolute atomic E-state index is 0.0150. The van der Waals surface area contributed by atoms with Crippen molar-refractivity contribution in [3.8, 4) is 0 Å². The van der Waals surface area contributed by atoms with Gasteiger partial charge in [-0.05, 0) is 50.6 Å². The van der Waals surface area contributed by atoms with E-state index in [4.69, 9.17) is 5.11 Å². The van der Waals surface area contributed by atoms with Gasteiger partial charge in [0.05, 0.1) is 5.92 Å². The first kappa shape index (κ1) is 15.3. The van der Waals surface area contributed by atoms with Crippen LogP contribution in [-0.2, 0) is 9.59 Å². The van der Waals surface area contributed by atoms with Crippen LogP contribution < -0.4 is 10.6 Å². The molecule has 2 rings (SSSR count). The van der Waals surface area contributed by atoms with E-state index in [0.29, 0.717) is 24.7 Å². The van der Waals surface area contributed by atoms with E-state index in [0.717, 1.165) is 25.9 Å². The number of carbonyl (C=O) groups excluding carboxylic acids is 1. The Morgan fingerprint density at radius 1 is 1.30 bits per heavy atom. The zero-order valence-electron chi connectivity index (χ0n) is 12.2. The maximum absolute atomic E-state index is 12.1. The number of piperidine rings is 1. The number of nitrogens with one attached hydrogen (secondary N) is 2. The summed E-state index contributed by atoms with van der Waals surface area (Å²) in [4.78, 5) is 23.2. The molecule has 4 unspecified atom stereocenters. The fourth-order valence-electron chi connectivity index (χ4n) is 3.52.